The van der Waals surface area contributed by atoms with Gasteiger partial charge in [-0.15, -0.1) is 4.73 Å². The summed E-state index contributed by atoms with van der Waals surface area (Å²) < 4.78 is 6.58. The number of pyridine rings is 1. The molecule has 4 heteroatoms. The maximum atomic E-state index is 12.5. The number of rotatable bonds is 2. The van der Waals surface area contributed by atoms with Gasteiger partial charge in [-0.25, -0.2) is 0 Å². The fraction of sp³-hybridized carbons (Fsp3) is 0.188. The predicted molar refractivity (Wildman–Crippen MR) is 79.5 cm³/mol. The van der Waals surface area contributed by atoms with E-state index >= 15 is 0 Å². The average molecular weight is 269 g/mol. The van der Waals surface area contributed by atoms with Crippen LogP contribution in [0.5, 0.6) is 5.75 Å². The Morgan fingerprint density at radius 1 is 0.950 bits per heavy atom. The molecule has 3 rings (SSSR count). The Morgan fingerprint density at radius 3 is 2.40 bits per heavy atom. The first-order chi connectivity index (χ1) is 9.65. The van der Waals surface area contributed by atoms with Gasteiger partial charge in [-0.1, -0.05) is 12.1 Å². The molecule has 0 aliphatic heterocycles. The number of hydrogen-bond acceptors (Lipinski definition) is 3. The first-order valence-electron chi connectivity index (χ1n) is 6.33. The van der Waals surface area contributed by atoms with Gasteiger partial charge in [0.2, 0.25) is 0 Å². The molecule has 0 saturated carbocycles. The van der Waals surface area contributed by atoms with Crippen molar-refractivity contribution in [3.05, 3.63) is 52.3 Å². The molecule has 0 amide bonds. The number of nitrogens with zero attached hydrogens (tertiary/aromatic N) is 1. The van der Waals surface area contributed by atoms with Crippen LogP contribution in [0, 0.1) is 6.92 Å². The van der Waals surface area contributed by atoms with Crippen molar-refractivity contribution in [3.8, 4) is 5.75 Å². The quantitative estimate of drug-likeness (QED) is 0.671. The SMILES string of the molecule is COc1ccc2c(=O)n(OC)c3cc(C)ccc3c2c1. The molecule has 0 saturated heterocycles. The van der Waals surface area contributed by atoms with Gasteiger partial charge in [0.1, 0.15) is 12.9 Å². The molecule has 0 spiro atoms. The molecule has 0 unspecified atom stereocenters. The Hall–Kier alpha value is -2.49. The highest BCUT2D eigenvalue weighted by Crippen LogP contribution is 2.26. The molecule has 0 bridgehead atoms. The van der Waals surface area contributed by atoms with E-state index in [2.05, 4.69) is 0 Å². The summed E-state index contributed by atoms with van der Waals surface area (Å²) in [4.78, 5) is 17.7. The standard InChI is InChI=1S/C16H15NO3/c1-10-4-6-12-14-9-11(19-2)5-7-13(14)16(18)17(20-3)15(12)8-10/h4-9H,1-3H3. The monoisotopic (exact) mass is 269 g/mol. The zero-order chi connectivity index (χ0) is 14.3. The highest BCUT2D eigenvalue weighted by atomic mass is 16.6. The van der Waals surface area contributed by atoms with Crippen LogP contribution in [0.15, 0.2) is 41.2 Å². The van der Waals surface area contributed by atoms with Crippen molar-refractivity contribution in [2.45, 2.75) is 6.92 Å². The fourth-order valence-electron chi connectivity index (χ4n) is 2.50. The molecule has 102 valence electrons. The summed E-state index contributed by atoms with van der Waals surface area (Å²) >= 11 is 0. The van der Waals surface area contributed by atoms with Crippen LogP contribution in [0.4, 0.5) is 0 Å². The van der Waals surface area contributed by atoms with Crippen LogP contribution in [0.25, 0.3) is 21.7 Å². The van der Waals surface area contributed by atoms with E-state index in [1.807, 2.05) is 31.2 Å². The zero-order valence-corrected chi connectivity index (χ0v) is 11.6. The van der Waals surface area contributed by atoms with E-state index in [0.717, 1.165) is 27.6 Å². The molecule has 0 atom stereocenters. The number of hydrogen-bond donors (Lipinski definition) is 0. The van der Waals surface area contributed by atoms with E-state index in [1.165, 1.54) is 11.8 Å². The van der Waals surface area contributed by atoms with Gasteiger partial charge < -0.3 is 9.57 Å². The first kappa shape index (κ1) is 12.5. The third-order valence-corrected chi connectivity index (χ3v) is 3.49. The maximum Gasteiger partial charge on any atom is 0.291 e. The summed E-state index contributed by atoms with van der Waals surface area (Å²) in [6, 6.07) is 11.4. The third-order valence-electron chi connectivity index (χ3n) is 3.49. The van der Waals surface area contributed by atoms with Crippen LogP contribution in [-0.2, 0) is 0 Å². The Balaban J connectivity index is 2.58. The second-order valence-corrected chi connectivity index (χ2v) is 4.71. The summed E-state index contributed by atoms with van der Waals surface area (Å²) in [5.74, 6) is 0.731. The lowest BCUT2D eigenvalue weighted by molar-refractivity contribution is 0.170. The number of aromatic nitrogens is 1. The van der Waals surface area contributed by atoms with E-state index in [1.54, 1.807) is 19.2 Å². The molecule has 2 aromatic carbocycles. The largest absolute Gasteiger partial charge is 0.497 e. The highest BCUT2D eigenvalue weighted by Gasteiger charge is 2.12. The van der Waals surface area contributed by atoms with Gasteiger partial charge in [0.15, 0.2) is 0 Å². The summed E-state index contributed by atoms with van der Waals surface area (Å²) in [6.45, 7) is 1.99. The van der Waals surface area contributed by atoms with E-state index in [0.29, 0.717) is 5.39 Å². The average Bonchev–Trinajstić information content (AvgIpc) is 2.47. The Labute approximate surface area is 116 Å². The van der Waals surface area contributed by atoms with Crippen molar-refractivity contribution in [2.75, 3.05) is 14.2 Å². The van der Waals surface area contributed by atoms with Gasteiger partial charge in [0.05, 0.1) is 18.0 Å². The molecular weight excluding hydrogens is 254 g/mol. The second kappa shape index (κ2) is 4.56. The molecule has 3 aromatic rings. The summed E-state index contributed by atoms with van der Waals surface area (Å²) in [5, 5.41) is 2.45. The fourth-order valence-corrected chi connectivity index (χ4v) is 2.50. The van der Waals surface area contributed by atoms with E-state index in [4.69, 9.17) is 9.57 Å². The topological polar surface area (TPSA) is 40.5 Å². The van der Waals surface area contributed by atoms with Gasteiger partial charge in [-0.05, 0) is 36.8 Å². The van der Waals surface area contributed by atoms with E-state index in [-0.39, 0.29) is 5.56 Å². The molecule has 4 nitrogen and oxygen atoms in total. The van der Waals surface area contributed by atoms with Crippen molar-refractivity contribution in [1.29, 1.82) is 0 Å². The Bertz CT molecular complexity index is 865. The highest BCUT2D eigenvalue weighted by molar-refractivity contribution is 6.06. The van der Waals surface area contributed by atoms with E-state index < -0.39 is 0 Å². The van der Waals surface area contributed by atoms with Crippen LogP contribution in [0.1, 0.15) is 5.56 Å². The maximum absolute atomic E-state index is 12.5. The predicted octanol–water partition coefficient (Wildman–Crippen LogP) is 2.53. The molecule has 1 aromatic heterocycles. The van der Waals surface area contributed by atoms with Gasteiger partial charge in [-0.2, -0.15) is 0 Å². The number of aryl methyl sites for hydroxylation is 1. The van der Waals surface area contributed by atoms with Crippen LogP contribution >= 0.6 is 0 Å². The minimum Gasteiger partial charge on any atom is -0.497 e. The van der Waals surface area contributed by atoms with Crippen LogP contribution in [0.3, 0.4) is 0 Å². The third kappa shape index (κ3) is 1.72. The summed E-state index contributed by atoms with van der Waals surface area (Å²) in [6.07, 6.45) is 0. The smallest absolute Gasteiger partial charge is 0.291 e. The van der Waals surface area contributed by atoms with Gasteiger partial charge in [0.25, 0.3) is 5.56 Å². The zero-order valence-electron chi connectivity index (χ0n) is 11.6. The van der Waals surface area contributed by atoms with Crippen molar-refractivity contribution in [2.24, 2.45) is 0 Å². The minimum absolute atomic E-state index is 0.164. The van der Waals surface area contributed by atoms with E-state index in [9.17, 15) is 4.79 Å². The molecular formula is C16H15NO3. The Kier molecular flexibility index (Phi) is 2.86. The van der Waals surface area contributed by atoms with Crippen LogP contribution in [-0.4, -0.2) is 19.0 Å². The first-order valence-corrected chi connectivity index (χ1v) is 6.33. The molecule has 0 aliphatic carbocycles. The number of ether oxygens (including phenoxy) is 1. The number of benzene rings is 2. The lowest BCUT2D eigenvalue weighted by Crippen LogP contribution is -2.25. The number of fused-ring (bicyclic) bond motifs is 3. The molecule has 0 aliphatic rings. The van der Waals surface area contributed by atoms with Gasteiger partial charge in [-0.3, -0.25) is 4.79 Å². The normalized spacial score (nSPS) is 10.9. The van der Waals surface area contributed by atoms with Crippen LogP contribution < -0.4 is 15.1 Å². The summed E-state index contributed by atoms with van der Waals surface area (Å²) in [7, 11) is 3.11. The Morgan fingerprint density at radius 2 is 1.70 bits per heavy atom. The molecule has 0 fully saturated rings. The summed E-state index contributed by atoms with van der Waals surface area (Å²) in [5.41, 5.74) is 1.67. The molecule has 20 heavy (non-hydrogen) atoms. The van der Waals surface area contributed by atoms with Crippen LogP contribution in [0.2, 0.25) is 0 Å². The lowest BCUT2D eigenvalue weighted by Gasteiger charge is -2.12. The van der Waals surface area contributed by atoms with Crippen molar-refractivity contribution in [1.82, 2.24) is 4.73 Å². The molecule has 0 N–H and O–H groups in total. The van der Waals surface area contributed by atoms with Crippen molar-refractivity contribution >= 4 is 21.7 Å². The number of methoxy groups -OCH3 is 1. The molecule has 0 radical (unpaired) electrons. The van der Waals surface area contributed by atoms with Crippen molar-refractivity contribution in [3.63, 3.8) is 0 Å². The minimum atomic E-state index is -0.164. The lowest BCUT2D eigenvalue weighted by atomic mass is 10.0. The second-order valence-electron chi connectivity index (χ2n) is 4.71. The van der Waals surface area contributed by atoms with Crippen molar-refractivity contribution < 1.29 is 9.57 Å². The van der Waals surface area contributed by atoms with Gasteiger partial charge in [0, 0.05) is 10.8 Å². The van der Waals surface area contributed by atoms with Gasteiger partial charge >= 0.3 is 0 Å². The molecule has 1 heterocycles.